The van der Waals surface area contributed by atoms with Gasteiger partial charge in [0.15, 0.2) is 0 Å². The predicted octanol–water partition coefficient (Wildman–Crippen LogP) is 6.32. The lowest BCUT2D eigenvalue weighted by atomic mass is 10.1. The molecule has 0 aliphatic rings. The maximum atomic E-state index is 11.2. The molecule has 0 unspecified atom stereocenters. The Labute approximate surface area is 155 Å². The van der Waals surface area contributed by atoms with E-state index in [2.05, 4.69) is 42.6 Å². The van der Waals surface area contributed by atoms with Crippen LogP contribution in [0.3, 0.4) is 0 Å². The number of hydrogen-bond acceptors (Lipinski definition) is 3. The summed E-state index contributed by atoms with van der Waals surface area (Å²) in [6.07, 6.45) is 0. The molecule has 0 saturated carbocycles. The molecule has 0 spiro atoms. The van der Waals surface area contributed by atoms with Crippen molar-refractivity contribution in [3.8, 4) is 10.4 Å². The number of fused-ring (bicyclic) bond motifs is 1. The van der Waals surface area contributed by atoms with Crippen LogP contribution in [-0.2, 0) is 0 Å². The van der Waals surface area contributed by atoms with Crippen LogP contribution < -0.4 is 5.32 Å². The number of anilines is 2. The van der Waals surface area contributed by atoms with E-state index < -0.39 is 5.97 Å². The standard InChI is InChI=1S/C22H17NO2S/c1-14-10-19(23-17-9-5-8-16(12-17)22(24)25)18-13-20(26-21(18)11-14)15-6-3-2-4-7-15/h2-13,23H,1H3,(H,24,25). The number of thiophene rings is 1. The largest absolute Gasteiger partial charge is 0.478 e. The van der Waals surface area contributed by atoms with E-state index in [0.717, 1.165) is 22.3 Å². The maximum Gasteiger partial charge on any atom is 0.335 e. The Morgan fingerprint density at radius 1 is 0.962 bits per heavy atom. The summed E-state index contributed by atoms with van der Waals surface area (Å²) in [6.45, 7) is 2.07. The van der Waals surface area contributed by atoms with Crippen LogP contribution in [0.25, 0.3) is 20.5 Å². The van der Waals surface area contributed by atoms with Crippen LogP contribution in [0.5, 0.6) is 0 Å². The smallest absolute Gasteiger partial charge is 0.335 e. The normalized spacial score (nSPS) is 10.8. The highest BCUT2D eigenvalue weighted by molar-refractivity contribution is 7.22. The van der Waals surface area contributed by atoms with Gasteiger partial charge in [-0.05, 0) is 54.4 Å². The number of aryl methyl sites for hydroxylation is 1. The van der Waals surface area contributed by atoms with Gasteiger partial charge in [0.05, 0.1) is 5.56 Å². The average Bonchev–Trinajstić information content (AvgIpc) is 3.07. The van der Waals surface area contributed by atoms with Gasteiger partial charge in [-0.25, -0.2) is 4.79 Å². The number of hydrogen-bond donors (Lipinski definition) is 2. The number of rotatable bonds is 4. The first kappa shape index (κ1) is 16.4. The molecule has 3 aromatic carbocycles. The number of carboxylic acid groups (broad SMARTS) is 1. The summed E-state index contributed by atoms with van der Waals surface area (Å²) in [5.74, 6) is -0.926. The second kappa shape index (κ2) is 6.65. The van der Waals surface area contributed by atoms with Gasteiger partial charge in [-0.15, -0.1) is 11.3 Å². The van der Waals surface area contributed by atoms with Gasteiger partial charge in [0.2, 0.25) is 0 Å². The van der Waals surface area contributed by atoms with Gasteiger partial charge in [0.1, 0.15) is 0 Å². The topological polar surface area (TPSA) is 49.3 Å². The number of benzene rings is 3. The predicted molar refractivity (Wildman–Crippen MR) is 109 cm³/mol. The number of carboxylic acids is 1. The maximum absolute atomic E-state index is 11.2. The Kier molecular flexibility index (Phi) is 4.19. The minimum atomic E-state index is -0.926. The summed E-state index contributed by atoms with van der Waals surface area (Å²) in [6, 6.07) is 23.7. The third-order valence-electron chi connectivity index (χ3n) is 4.23. The van der Waals surface area contributed by atoms with Crippen LogP contribution in [0.2, 0.25) is 0 Å². The summed E-state index contributed by atoms with van der Waals surface area (Å²) in [7, 11) is 0. The molecule has 0 aliphatic carbocycles. The lowest BCUT2D eigenvalue weighted by Gasteiger charge is -2.10. The van der Waals surface area contributed by atoms with Gasteiger partial charge in [0, 0.05) is 26.3 Å². The Morgan fingerprint density at radius 2 is 1.77 bits per heavy atom. The van der Waals surface area contributed by atoms with Gasteiger partial charge in [-0.2, -0.15) is 0 Å². The van der Waals surface area contributed by atoms with Crippen molar-refractivity contribution in [3.63, 3.8) is 0 Å². The lowest BCUT2D eigenvalue weighted by Crippen LogP contribution is -1.98. The quantitative estimate of drug-likeness (QED) is 0.448. The van der Waals surface area contributed by atoms with Crippen LogP contribution >= 0.6 is 11.3 Å². The zero-order chi connectivity index (χ0) is 18.1. The van der Waals surface area contributed by atoms with E-state index in [1.54, 1.807) is 29.5 Å². The van der Waals surface area contributed by atoms with Crippen molar-refractivity contribution in [2.24, 2.45) is 0 Å². The highest BCUT2D eigenvalue weighted by Crippen LogP contribution is 2.38. The molecule has 128 valence electrons. The molecule has 4 heteroatoms. The molecule has 0 atom stereocenters. The molecule has 4 rings (SSSR count). The SMILES string of the molecule is Cc1cc(Nc2cccc(C(=O)O)c2)c2cc(-c3ccccc3)sc2c1. The molecule has 0 bridgehead atoms. The van der Waals surface area contributed by atoms with Gasteiger partial charge in [-0.1, -0.05) is 36.4 Å². The number of nitrogens with one attached hydrogen (secondary N) is 1. The molecule has 0 fully saturated rings. The molecule has 0 saturated heterocycles. The fourth-order valence-corrected chi connectivity index (χ4v) is 4.20. The van der Waals surface area contributed by atoms with Crippen molar-refractivity contribution < 1.29 is 9.90 Å². The Balaban J connectivity index is 1.78. The first-order valence-electron chi connectivity index (χ1n) is 8.30. The molecular weight excluding hydrogens is 342 g/mol. The second-order valence-electron chi connectivity index (χ2n) is 6.21. The fraction of sp³-hybridized carbons (Fsp3) is 0.0455. The summed E-state index contributed by atoms with van der Waals surface area (Å²) in [4.78, 5) is 12.4. The summed E-state index contributed by atoms with van der Waals surface area (Å²) < 4.78 is 1.21. The molecular formula is C22H17NO2S. The zero-order valence-corrected chi connectivity index (χ0v) is 15.0. The molecule has 1 aromatic heterocycles. The van der Waals surface area contributed by atoms with Crippen molar-refractivity contribution in [1.82, 2.24) is 0 Å². The minimum absolute atomic E-state index is 0.272. The van der Waals surface area contributed by atoms with Crippen LogP contribution in [0.4, 0.5) is 11.4 Å². The van der Waals surface area contributed by atoms with E-state index in [4.69, 9.17) is 0 Å². The summed E-state index contributed by atoms with van der Waals surface area (Å²) in [5, 5.41) is 13.7. The van der Waals surface area contributed by atoms with E-state index in [-0.39, 0.29) is 5.56 Å². The molecule has 4 aromatic rings. The average molecular weight is 359 g/mol. The third-order valence-corrected chi connectivity index (χ3v) is 5.36. The molecule has 26 heavy (non-hydrogen) atoms. The van der Waals surface area contributed by atoms with Gasteiger partial charge in [0.25, 0.3) is 0 Å². The van der Waals surface area contributed by atoms with Crippen molar-refractivity contribution in [3.05, 3.63) is 83.9 Å². The van der Waals surface area contributed by atoms with Gasteiger partial charge < -0.3 is 10.4 Å². The highest BCUT2D eigenvalue weighted by atomic mass is 32.1. The van der Waals surface area contributed by atoms with Crippen LogP contribution in [0, 0.1) is 6.92 Å². The molecule has 0 amide bonds. The first-order valence-corrected chi connectivity index (χ1v) is 9.12. The van der Waals surface area contributed by atoms with Crippen LogP contribution in [0.1, 0.15) is 15.9 Å². The van der Waals surface area contributed by atoms with Gasteiger partial charge in [-0.3, -0.25) is 0 Å². The van der Waals surface area contributed by atoms with Crippen molar-refractivity contribution in [1.29, 1.82) is 0 Å². The van der Waals surface area contributed by atoms with Crippen LogP contribution in [0.15, 0.2) is 72.8 Å². The molecule has 1 heterocycles. The Hall–Kier alpha value is -3.11. The molecule has 0 aliphatic heterocycles. The van der Waals surface area contributed by atoms with Crippen molar-refractivity contribution in [2.75, 3.05) is 5.32 Å². The second-order valence-corrected chi connectivity index (χ2v) is 7.30. The van der Waals surface area contributed by atoms with E-state index >= 15 is 0 Å². The molecule has 3 nitrogen and oxygen atoms in total. The number of aromatic carboxylic acids is 1. The first-order chi connectivity index (χ1) is 12.6. The van der Waals surface area contributed by atoms with Crippen molar-refractivity contribution in [2.45, 2.75) is 6.92 Å². The summed E-state index contributed by atoms with van der Waals surface area (Å²) in [5.41, 5.74) is 4.39. The minimum Gasteiger partial charge on any atom is -0.478 e. The Morgan fingerprint density at radius 3 is 2.54 bits per heavy atom. The fourth-order valence-electron chi connectivity index (χ4n) is 3.01. The van der Waals surface area contributed by atoms with Crippen LogP contribution in [-0.4, -0.2) is 11.1 Å². The monoisotopic (exact) mass is 359 g/mol. The van der Waals surface area contributed by atoms with Crippen molar-refractivity contribution >= 4 is 38.8 Å². The van der Waals surface area contributed by atoms with E-state index in [9.17, 15) is 9.90 Å². The molecule has 0 radical (unpaired) electrons. The number of carbonyl (C=O) groups is 1. The van der Waals surface area contributed by atoms with Gasteiger partial charge >= 0.3 is 5.97 Å². The Bertz CT molecular complexity index is 1100. The lowest BCUT2D eigenvalue weighted by molar-refractivity contribution is 0.0697. The highest BCUT2D eigenvalue weighted by Gasteiger charge is 2.10. The third kappa shape index (κ3) is 3.19. The van der Waals surface area contributed by atoms with E-state index in [0.29, 0.717) is 0 Å². The van der Waals surface area contributed by atoms with E-state index in [1.165, 1.54) is 15.1 Å². The molecule has 2 N–H and O–H groups in total. The summed E-state index contributed by atoms with van der Waals surface area (Å²) >= 11 is 1.76. The van der Waals surface area contributed by atoms with E-state index in [1.807, 2.05) is 24.3 Å². The zero-order valence-electron chi connectivity index (χ0n) is 14.2.